The minimum absolute atomic E-state index is 0.788. The molecule has 2 heteroatoms. The van der Waals surface area contributed by atoms with Gasteiger partial charge in [0.2, 0.25) is 0 Å². The second-order valence-corrected chi connectivity index (χ2v) is 4.73. The van der Waals surface area contributed by atoms with Crippen molar-refractivity contribution in [2.24, 2.45) is 0 Å². The van der Waals surface area contributed by atoms with E-state index in [2.05, 4.69) is 31.0 Å². The van der Waals surface area contributed by atoms with Gasteiger partial charge >= 0.3 is 0 Å². The van der Waals surface area contributed by atoms with Crippen LogP contribution in [-0.2, 0) is 0 Å². The van der Waals surface area contributed by atoms with Crippen LogP contribution >= 0.6 is 0 Å². The Labute approximate surface area is 95.4 Å². The molecule has 0 atom stereocenters. The van der Waals surface area contributed by atoms with Gasteiger partial charge in [0, 0.05) is 12.1 Å². The van der Waals surface area contributed by atoms with Crippen molar-refractivity contribution >= 4 is 0 Å². The molecule has 0 unspecified atom stereocenters. The highest BCUT2D eigenvalue weighted by Crippen LogP contribution is 2.16. The van der Waals surface area contributed by atoms with Gasteiger partial charge in [-0.1, -0.05) is 20.8 Å². The molecule has 1 saturated heterocycles. The first kappa shape index (κ1) is 13.0. The zero-order valence-electron chi connectivity index (χ0n) is 10.8. The third-order valence-corrected chi connectivity index (χ3v) is 3.67. The Morgan fingerprint density at radius 1 is 1.13 bits per heavy atom. The molecule has 0 aromatic heterocycles. The predicted octanol–water partition coefficient (Wildman–Crippen LogP) is 2.64. The molecule has 0 spiro atoms. The van der Waals surface area contributed by atoms with Crippen molar-refractivity contribution in [1.82, 2.24) is 10.2 Å². The van der Waals surface area contributed by atoms with Crippen molar-refractivity contribution in [2.75, 3.05) is 19.6 Å². The van der Waals surface area contributed by atoms with Crippen LogP contribution in [0.5, 0.6) is 0 Å². The monoisotopic (exact) mass is 212 g/mol. The lowest BCUT2D eigenvalue weighted by molar-refractivity contribution is 0.136. The molecule has 0 aliphatic carbocycles. The van der Waals surface area contributed by atoms with Crippen molar-refractivity contribution in [2.45, 2.75) is 65.0 Å². The summed E-state index contributed by atoms with van der Waals surface area (Å²) in [5.41, 5.74) is 0. The summed E-state index contributed by atoms with van der Waals surface area (Å²) in [6.45, 7) is 10.7. The second kappa shape index (κ2) is 7.24. The van der Waals surface area contributed by atoms with Gasteiger partial charge in [0.1, 0.15) is 0 Å². The van der Waals surface area contributed by atoms with Gasteiger partial charge < -0.3 is 10.2 Å². The topological polar surface area (TPSA) is 15.3 Å². The molecule has 15 heavy (non-hydrogen) atoms. The zero-order valence-corrected chi connectivity index (χ0v) is 10.8. The van der Waals surface area contributed by atoms with Crippen LogP contribution in [0, 0.1) is 0 Å². The maximum Gasteiger partial charge on any atom is 0.00914 e. The molecule has 90 valence electrons. The van der Waals surface area contributed by atoms with E-state index in [1.165, 1.54) is 51.7 Å². The number of likely N-dealkylation sites (tertiary alicyclic amines) is 1. The van der Waals surface area contributed by atoms with Crippen LogP contribution in [0.1, 0.15) is 52.9 Å². The molecule has 0 amide bonds. The summed E-state index contributed by atoms with van der Waals surface area (Å²) in [4.78, 5) is 2.68. The van der Waals surface area contributed by atoms with Gasteiger partial charge in [-0.25, -0.2) is 0 Å². The van der Waals surface area contributed by atoms with Crippen LogP contribution in [0.25, 0.3) is 0 Å². The predicted molar refractivity (Wildman–Crippen MR) is 67.3 cm³/mol. The number of hydrogen-bond donors (Lipinski definition) is 1. The number of nitrogens with one attached hydrogen (secondary N) is 1. The number of rotatable bonds is 6. The molecule has 1 aliphatic rings. The highest BCUT2D eigenvalue weighted by atomic mass is 15.2. The molecular formula is C13H28N2. The molecule has 0 saturated carbocycles. The Bertz CT molecular complexity index is 147. The van der Waals surface area contributed by atoms with Crippen LogP contribution in [-0.4, -0.2) is 36.6 Å². The second-order valence-electron chi connectivity index (χ2n) is 4.73. The summed E-state index contributed by atoms with van der Waals surface area (Å²) in [6, 6.07) is 1.62. The average molecular weight is 212 g/mol. The first-order valence-corrected chi connectivity index (χ1v) is 6.79. The van der Waals surface area contributed by atoms with Gasteiger partial charge in [-0.2, -0.15) is 0 Å². The van der Waals surface area contributed by atoms with Gasteiger partial charge in [-0.15, -0.1) is 0 Å². The van der Waals surface area contributed by atoms with Crippen LogP contribution in [0.4, 0.5) is 0 Å². The van der Waals surface area contributed by atoms with Crippen LogP contribution in [0.15, 0.2) is 0 Å². The summed E-state index contributed by atoms with van der Waals surface area (Å²) in [5, 5.41) is 3.64. The van der Waals surface area contributed by atoms with Gasteiger partial charge in [0.05, 0.1) is 0 Å². The van der Waals surface area contributed by atoms with Crippen molar-refractivity contribution in [1.29, 1.82) is 0 Å². The number of nitrogens with zero attached hydrogens (tertiary/aromatic N) is 1. The summed E-state index contributed by atoms with van der Waals surface area (Å²) in [6.07, 6.45) is 6.56. The van der Waals surface area contributed by atoms with E-state index in [0.717, 1.165) is 12.1 Å². The molecule has 0 bridgehead atoms. The highest BCUT2D eigenvalue weighted by Gasteiger charge is 2.22. The first-order chi connectivity index (χ1) is 7.31. The lowest BCUT2D eigenvalue weighted by atomic mass is 10.0. The molecule has 1 rings (SSSR count). The van der Waals surface area contributed by atoms with E-state index in [9.17, 15) is 0 Å². The van der Waals surface area contributed by atoms with Crippen LogP contribution in [0.3, 0.4) is 0 Å². The average Bonchev–Trinajstić information content (AvgIpc) is 2.29. The van der Waals surface area contributed by atoms with Gasteiger partial charge in [0.25, 0.3) is 0 Å². The Morgan fingerprint density at radius 2 is 1.73 bits per heavy atom. The summed E-state index contributed by atoms with van der Waals surface area (Å²) in [7, 11) is 0. The van der Waals surface area contributed by atoms with Gasteiger partial charge in [-0.3, -0.25) is 0 Å². The molecule has 1 N–H and O–H groups in total. The van der Waals surface area contributed by atoms with E-state index in [-0.39, 0.29) is 0 Å². The van der Waals surface area contributed by atoms with Crippen molar-refractivity contribution < 1.29 is 0 Å². The standard InChI is InChI=1S/C13H28N2/c1-4-9-14-12-7-10-15(11-8-12)13(5-2)6-3/h12-14H,4-11H2,1-3H3. The number of hydrogen-bond acceptors (Lipinski definition) is 2. The third-order valence-electron chi connectivity index (χ3n) is 3.67. The zero-order chi connectivity index (χ0) is 11.1. The smallest absolute Gasteiger partial charge is 0.00914 e. The maximum absolute atomic E-state index is 3.64. The minimum atomic E-state index is 0.788. The lowest BCUT2D eigenvalue weighted by Crippen LogP contribution is -2.46. The van der Waals surface area contributed by atoms with E-state index in [1.54, 1.807) is 0 Å². The Morgan fingerprint density at radius 3 is 2.20 bits per heavy atom. The third kappa shape index (κ3) is 4.12. The van der Waals surface area contributed by atoms with E-state index < -0.39 is 0 Å². The fraction of sp³-hybridized carbons (Fsp3) is 1.00. The maximum atomic E-state index is 3.64. The molecule has 1 fully saturated rings. The first-order valence-electron chi connectivity index (χ1n) is 6.79. The van der Waals surface area contributed by atoms with Crippen molar-refractivity contribution in [3.63, 3.8) is 0 Å². The highest BCUT2D eigenvalue weighted by molar-refractivity contribution is 4.80. The molecule has 0 aromatic carbocycles. The van der Waals surface area contributed by atoms with E-state index in [0.29, 0.717) is 0 Å². The molecule has 0 radical (unpaired) electrons. The Hall–Kier alpha value is -0.0800. The SMILES string of the molecule is CCCNC1CCN(C(CC)CC)CC1. The Kier molecular flexibility index (Phi) is 6.26. The molecule has 0 aromatic rings. The summed E-state index contributed by atoms with van der Waals surface area (Å²) in [5.74, 6) is 0. The normalized spacial score (nSPS) is 20.0. The van der Waals surface area contributed by atoms with Gasteiger partial charge in [0.15, 0.2) is 0 Å². The van der Waals surface area contributed by atoms with E-state index in [1.807, 2.05) is 0 Å². The molecular weight excluding hydrogens is 184 g/mol. The Balaban J connectivity index is 2.22. The van der Waals surface area contributed by atoms with E-state index >= 15 is 0 Å². The molecule has 2 nitrogen and oxygen atoms in total. The van der Waals surface area contributed by atoms with Crippen molar-refractivity contribution in [3.8, 4) is 0 Å². The molecule has 1 heterocycles. The summed E-state index contributed by atoms with van der Waals surface area (Å²) < 4.78 is 0. The van der Waals surface area contributed by atoms with Gasteiger partial charge in [-0.05, 0) is 51.7 Å². The van der Waals surface area contributed by atoms with Crippen molar-refractivity contribution in [3.05, 3.63) is 0 Å². The fourth-order valence-corrected chi connectivity index (χ4v) is 2.62. The summed E-state index contributed by atoms with van der Waals surface area (Å²) >= 11 is 0. The van der Waals surface area contributed by atoms with Crippen LogP contribution in [0.2, 0.25) is 0 Å². The number of piperidine rings is 1. The largest absolute Gasteiger partial charge is 0.314 e. The fourth-order valence-electron chi connectivity index (χ4n) is 2.62. The quantitative estimate of drug-likeness (QED) is 0.728. The minimum Gasteiger partial charge on any atom is -0.314 e. The lowest BCUT2D eigenvalue weighted by Gasteiger charge is -2.37. The van der Waals surface area contributed by atoms with Crippen LogP contribution < -0.4 is 5.32 Å². The molecule has 1 aliphatic heterocycles. The van der Waals surface area contributed by atoms with E-state index in [4.69, 9.17) is 0 Å².